The molecule has 0 spiro atoms. The van der Waals surface area contributed by atoms with Crippen molar-refractivity contribution >= 4 is 74.5 Å². The summed E-state index contributed by atoms with van der Waals surface area (Å²) in [6.07, 6.45) is 19.3. The lowest BCUT2D eigenvalue weighted by Crippen LogP contribution is -2.41. The molecule has 3 aromatic carbocycles. The van der Waals surface area contributed by atoms with E-state index in [1.807, 2.05) is 23.4 Å². The molecule has 20 nitrogen and oxygen atoms in total. The van der Waals surface area contributed by atoms with Gasteiger partial charge in [-0.1, -0.05) is 53.8 Å². The fraction of sp³-hybridized carbons (Fsp3) is 0.320. The van der Waals surface area contributed by atoms with Crippen LogP contribution in [-0.2, 0) is 25.4 Å². The van der Waals surface area contributed by atoms with Crippen LogP contribution in [0.5, 0.6) is 0 Å². The number of rotatable bonds is 18. The van der Waals surface area contributed by atoms with Gasteiger partial charge in [0, 0.05) is 142 Å². The zero-order valence-electron chi connectivity index (χ0n) is 55.0. The van der Waals surface area contributed by atoms with Gasteiger partial charge in [0.05, 0.1) is 83.8 Å². The van der Waals surface area contributed by atoms with Crippen molar-refractivity contribution in [2.75, 3.05) is 129 Å². The average Bonchev–Trinajstić information content (AvgIpc) is 1.29. The zero-order valence-corrected chi connectivity index (χ0v) is 56.6. The number of aliphatic hydroxyl groups excluding tert-OH is 1. The van der Waals surface area contributed by atoms with Gasteiger partial charge in [-0.05, 0) is 133 Å². The standard InChI is InChI=1S/C25H25FN4O3S.C25H25FN4O3.C25H25FN4O2S/c26-23-7-4-19(5-8-23)3-6-21-16-22(25(31)28-10-1-2-20-9-11-27-17-20)18-29-24(21)30-12-14-34(32,33)15-13-30;26-22-5-2-18(3-6-22)1-4-20-14-21(16-28-24(20)30-9-11-33-12-10-30)25(32)29-17-23(31)13-19-7-8-27-15-19;26-23-7-4-19(5-8-23)3-6-21-16-22(18-29-24(21)30-12-14-33(32)15-13-30)25(31)28-10-1-2-20-9-11-27-17-20/h4-5,7-9,16-18H,1-2,10-15H2,(H,28,31);2-3,5-7,14-16,23,31H,8-13,17H2,(H,29,32);4-5,7-9,16-18H,1-2,10-15H2,(H,28,31). The SMILES string of the molecule is O=C(NCC(O)CC1=CCN=C1)c1cnc(N2CCOCC2)c(C#Cc2ccc(F)cc2)c1.O=C(NCCCC1=CCN=C1)c1cnc(N2CCS(=O)(=O)CC2)c(C#Cc2ccc(F)cc2)c1.O=C(NCCCC1=CCN=C1)c1cnc(N2CCS(=O)CC2)c(C#Cc2ccc(F)cc2)c1. The van der Waals surface area contributed by atoms with E-state index in [-0.39, 0.29) is 53.2 Å². The number of amides is 3. The van der Waals surface area contributed by atoms with Crippen molar-refractivity contribution in [3.8, 4) is 35.5 Å². The van der Waals surface area contributed by atoms with Gasteiger partial charge in [0.25, 0.3) is 17.7 Å². The lowest BCUT2D eigenvalue weighted by atomic mass is 10.1. The summed E-state index contributed by atoms with van der Waals surface area (Å²) in [5, 5.41) is 18.8. The van der Waals surface area contributed by atoms with Crippen LogP contribution in [0.25, 0.3) is 0 Å². The first-order chi connectivity index (χ1) is 48.6. The summed E-state index contributed by atoms with van der Waals surface area (Å²) >= 11 is 0. The molecule has 6 aliphatic heterocycles. The highest BCUT2D eigenvalue weighted by atomic mass is 32.2. The number of sulfone groups is 1. The summed E-state index contributed by atoms with van der Waals surface area (Å²) in [5.41, 5.74) is 8.19. The first-order valence-corrected chi connectivity index (χ1v) is 36.2. The molecule has 0 aliphatic carbocycles. The fourth-order valence-electron chi connectivity index (χ4n) is 10.8. The fourth-order valence-corrected chi connectivity index (χ4v) is 13.1. The highest BCUT2D eigenvalue weighted by Gasteiger charge is 2.26. The van der Waals surface area contributed by atoms with E-state index >= 15 is 0 Å². The Bertz CT molecular complexity index is 4440. The Morgan fingerprint density at radius 3 is 1.28 bits per heavy atom. The Hall–Kier alpha value is -10.4. The number of aliphatic imine (C=N–C) groups is 3. The van der Waals surface area contributed by atoms with Crippen molar-refractivity contribution in [1.82, 2.24) is 30.9 Å². The molecule has 9 heterocycles. The van der Waals surface area contributed by atoms with Crippen molar-refractivity contribution in [2.45, 2.75) is 38.2 Å². The van der Waals surface area contributed by atoms with Crippen LogP contribution in [0.3, 0.4) is 0 Å². The lowest BCUT2D eigenvalue weighted by molar-refractivity contribution is 0.0914. The molecule has 12 rings (SSSR count). The molecule has 516 valence electrons. The van der Waals surface area contributed by atoms with Gasteiger partial charge in [-0.3, -0.25) is 33.6 Å². The summed E-state index contributed by atoms with van der Waals surface area (Å²) in [4.78, 5) is 70.0. The van der Waals surface area contributed by atoms with Crippen molar-refractivity contribution in [1.29, 1.82) is 0 Å². The number of hydrogen-bond donors (Lipinski definition) is 4. The molecular weight excluding hydrogens is 1320 g/mol. The molecule has 4 N–H and O–H groups in total. The normalized spacial score (nSPS) is 16.1. The number of nitrogens with zero attached hydrogens (tertiary/aromatic N) is 9. The number of morpholine rings is 1. The monoisotopic (exact) mass is 1390 g/mol. The second kappa shape index (κ2) is 36.5. The van der Waals surface area contributed by atoms with Crippen LogP contribution in [0, 0.1) is 53.0 Å². The predicted molar refractivity (Wildman–Crippen MR) is 384 cm³/mol. The summed E-state index contributed by atoms with van der Waals surface area (Å²) < 4.78 is 80.5. The number of ether oxygens (including phenoxy) is 1. The molecule has 1 atom stereocenters. The minimum atomic E-state index is -3.05. The van der Waals surface area contributed by atoms with E-state index in [0.29, 0.717) is 158 Å². The summed E-state index contributed by atoms with van der Waals surface area (Å²) in [5.74, 6) is 19.6. The molecule has 0 bridgehead atoms. The molecule has 0 radical (unpaired) electrons. The number of allylic oxidation sites excluding steroid dienone is 2. The number of aromatic nitrogens is 3. The van der Waals surface area contributed by atoms with Gasteiger partial charge in [0.1, 0.15) is 34.9 Å². The van der Waals surface area contributed by atoms with Crippen molar-refractivity contribution in [3.05, 3.63) is 212 Å². The smallest absolute Gasteiger partial charge is 0.252 e. The van der Waals surface area contributed by atoms with E-state index in [4.69, 9.17) is 4.74 Å². The molecule has 100 heavy (non-hydrogen) atoms. The van der Waals surface area contributed by atoms with Gasteiger partial charge < -0.3 is 40.5 Å². The molecule has 6 aliphatic rings. The Labute approximate surface area is 582 Å². The van der Waals surface area contributed by atoms with E-state index < -0.39 is 26.7 Å². The van der Waals surface area contributed by atoms with E-state index in [1.165, 1.54) is 59.9 Å². The maximum absolute atomic E-state index is 13.2. The molecule has 3 amide bonds. The number of halogens is 3. The quantitative estimate of drug-likeness (QED) is 0.0498. The second-order valence-corrected chi connectivity index (χ2v) is 27.7. The topological polar surface area (TPSA) is 253 Å². The van der Waals surface area contributed by atoms with Gasteiger partial charge in [-0.25, -0.2) is 36.5 Å². The molecule has 0 saturated carbocycles. The van der Waals surface area contributed by atoms with E-state index in [0.717, 1.165) is 44.3 Å². The Morgan fingerprint density at radius 2 is 0.890 bits per heavy atom. The van der Waals surface area contributed by atoms with Crippen LogP contribution in [0.2, 0.25) is 0 Å². The number of pyridine rings is 3. The van der Waals surface area contributed by atoms with Crippen LogP contribution in [0.1, 0.15) is 96.6 Å². The van der Waals surface area contributed by atoms with Crippen LogP contribution >= 0.6 is 0 Å². The lowest BCUT2D eigenvalue weighted by Gasteiger charge is -2.28. The minimum Gasteiger partial charge on any atom is -0.391 e. The number of nitrogens with one attached hydrogen (secondary N) is 3. The number of carbonyl (C=O) groups is 3. The molecule has 3 aromatic heterocycles. The van der Waals surface area contributed by atoms with Crippen LogP contribution in [-0.4, -0.2) is 190 Å². The van der Waals surface area contributed by atoms with Crippen molar-refractivity contribution < 1.29 is 50.0 Å². The number of aliphatic hydroxyl groups is 1. The predicted octanol–water partition coefficient (Wildman–Crippen LogP) is 7.03. The van der Waals surface area contributed by atoms with Crippen molar-refractivity contribution in [2.24, 2.45) is 15.0 Å². The van der Waals surface area contributed by atoms with Crippen LogP contribution in [0.15, 0.2) is 160 Å². The molecular formula is C75H75F3N12O8S2. The average molecular weight is 1390 g/mol. The molecule has 3 saturated heterocycles. The van der Waals surface area contributed by atoms with Gasteiger partial charge in [-0.15, -0.1) is 0 Å². The molecule has 6 aromatic rings. The molecule has 25 heteroatoms. The Morgan fingerprint density at radius 1 is 0.520 bits per heavy atom. The van der Waals surface area contributed by atoms with Crippen LogP contribution in [0.4, 0.5) is 30.6 Å². The third kappa shape index (κ3) is 22.3. The first-order valence-electron chi connectivity index (χ1n) is 32.9. The highest BCUT2D eigenvalue weighted by Crippen LogP contribution is 2.25. The second-order valence-electron chi connectivity index (χ2n) is 23.7. The van der Waals surface area contributed by atoms with Crippen LogP contribution < -0.4 is 30.7 Å². The van der Waals surface area contributed by atoms with E-state index in [9.17, 15) is 45.3 Å². The first kappa shape index (κ1) is 72.4. The van der Waals surface area contributed by atoms with Gasteiger partial charge in [0.15, 0.2) is 9.84 Å². The molecule has 1 unspecified atom stereocenters. The maximum atomic E-state index is 13.2. The number of hydrogen-bond acceptors (Lipinski definition) is 17. The third-order valence-electron chi connectivity index (χ3n) is 16.3. The zero-order chi connectivity index (χ0) is 70.1. The van der Waals surface area contributed by atoms with E-state index in [1.54, 1.807) is 67.0 Å². The number of anilines is 3. The Balaban J connectivity index is 0.000000162. The maximum Gasteiger partial charge on any atom is 0.252 e. The highest BCUT2D eigenvalue weighted by molar-refractivity contribution is 7.91. The van der Waals surface area contributed by atoms with Gasteiger partial charge in [-0.2, -0.15) is 0 Å². The summed E-state index contributed by atoms with van der Waals surface area (Å²) in [7, 11) is -3.87. The summed E-state index contributed by atoms with van der Waals surface area (Å²) in [6.45, 7) is 7.70. The van der Waals surface area contributed by atoms with Crippen molar-refractivity contribution in [3.63, 3.8) is 0 Å². The Kier molecular flexibility index (Phi) is 26.4. The number of benzene rings is 3. The molecule has 3 fully saturated rings. The minimum absolute atomic E-state index is 0.0445. The largest absolute Gasteiger partial charge is 0.391 e. The summed E-state index contributed by atoms with van der Waals surface area (Å²) in [6, 6.07) is 22.8. The third-order valence-corrected chi connectivity index (χ3v) is 19.2. The van der Waals surface area contributed by atoms with Gasteiger partial charge in [0.2, 0.25) is 0 Å². The number of carbonyl (C=O) groups excluding carboxylic acids is 3. The van der Waals surface area contributed by atoms with E-state index in [2.05, 4.69) is 103 Å². The van der Waals surface area contributed by atoms with Gasteiger partial charge >= 0.3 is 0 Å².